The number of methoxy groups -OCH3 is 1. The number of fused-ring (bicyclic) bond motifs is 1. The highest BCUT2D eigenvalue weighted by Gasteiger charge is 2.19. The van der Waals surface area contributed by atoms with Gasteiger partial charge >= 0.3 is 0 Å². The van der Waals surface area contributed by atoms with Gasteiger partial charge in [-0.3, -0.25) is 9.88 Å². The summed E-state index contributed by atoms with van der Waals surface area (Å²) in [5.41, 5.74) is 8.27. The third kappa shape index (κ3) is 3.15. The summed E-state index contributed by atoms with van der Waals surface area (Å²) in [6.07, 6.45) is 1.84. The highest BCUT2D eigenvalue weighted by molar-refractivity contribution is 5.82. The van der Waals surface area contributed by atoms with Crippen LogP contribution in [0.25, 0.3) is 10.9 Å². The Morgan fingerprint density at radius 3 is 2.80 bits per heavy atom. The van der Waals surface area contributed by atoms with Crippen LogP contribution >= 0.6 is 0 Å². The number of aromatic nitrogens is 1. The highest BCUT2D eigenvalue weighted by atomic mass is 16.5. The van der Waals surface area contributed by atoms with Crippen molar-refractivity contribution in [1.29, 1.82) is 0 Å². The van der Waals surface area contributed by atoms with Crippen LogP contribution in [0, 0.1) is 0 Å². The molecule has 0 radical (unpaired) electrons. The molecule has 0 fully saturated rings. The summed E-state index contributed by atoms with van der Waals surface area (Å²) in [7, 11) is 1.73. The molecule has 4 nitrogen and oxygen atoms in total. The van der Waals surface area contributed by atoms with Crippen molar-refractivity contribution < 1.29 is 4.74 Å². The first-order chi connectivity index (χ1) is 9.81. The molecule has 0 aliphatic carbocycles. The first-order valence-electron chi connectivity index (χ1n) is 7.08. The van der Waals surface area contributed by atoms with Crippen LogP contribution in [0.5, 0.6) is 0 Å². The third-order valence-electron chi connectivity index (χ3n) is 3.68. The summed E-state index contributed by atoms with van der Waals surface area (Å²) in [4.78, 5) is 6.87. The first-order valence-corrected chi connectivity index (χ1v) is 7.08. The van der Waals surface area contributed by atoms with Crippen LogP contribution in [-0.2, 0) is 4.74 Å². The van der Waals surface area contributed by atoms with Crippen LogP contribution in [0.4, 0.5) is 0 Å². The first kappa shape index (κ1) is 14.9. The molecule has 2 rings (SSSR count). The summed E-state index contributed by atoms with van der Waals surface area (Å²) in [6.45, 7) is 5.25. The minimum Gasteiger partial charge on any atom is -0.383 e. The minimum atomic E-state index is 0.175. The van der Waals surface area contributed by atoms with Gasteiger partial charge in [0.1, 0.15) is 0 Å². The van der Waals surface area contributed by atoms with Crippen molar-refractivity contribution in [1.82, 2.24) is 9.88 Å². The lowest BCUT2D eigenvalue weighted by molar-refractivity contribution is 0.126. The minimum absolute atomic E-state index is 0.175. The molecular formula is C16H23N3O. The van der Waals surface area contributed by atoms with Gasteiger partial charge in [0.15, 0.2) is 0 Å². The summed E-state index contributed by atoms with van der Waals surface area (Å²) >= 11 is 0. The van der Waals surface area contributed by atoms with Crippen LogP contribution in [0.3, 0.4) is 0 Å². The van der Waals surface area contributed by atoms with E-state index in [9.17, 15) is 0 Å². The maximum absolute atomic E-state index is 6.03. The number of benzene rings is 1. The van der Waals surface area contributed by atoms with Gasteiger partial charge in [-0.15, -0.1) is 0 Å². The van der Waals surface area contributed by atoms with E-state index in [2.05, 4.69) is 41.1 Å². The van der Waals surface area contributed by atoms with Crippen molar-refractivity contribution in [2.24, 2.45) is 5.73 Å². The predicted molar refractivity (Wildman–Crippen MR) is 82.7 cm³/mol. The molecule has 0 bridgehead atoms. The van der Waals surface area contributed by atoms with Gasteiger partial charge in [0, 0.05) is 37.8 Å². The standard InChI is InChI=1S/C16H23N3O/c1-3-19(10-11-20-2)15(12-17)14-8-4-6-13-7-5-9-18-16(13)14/h4-9,15H,3,10-12,17H2,1-2H3. The Bertz CT molecular complexity index is 539. The van der Waals surface area contributed by atoms with E-state index >= 15 is 0 Å². The number of likely N-dealkylation sites (N-methyl/N-ethyl adjacent to an activating group) is 1. The van der Waals surface area contributed by atoms with E-state index in [1.807, 2.05) is 12.3 Å². The molecule has 0 amide bonds. The van der Waals surface area contributed by atoms with Crippen molar-refractivity contribution in [2.75, 3.05) is 33.4 Å². The van der Waals surface area contributed by atoms with Crippen molar-refractivity contribution in [3.8, 4) is 0 Å². The van der Waals surface area contributed by atoms with Gasteiger partial charge in [-0.25, -0.2) is 0 Å². The molecule has 2 aromatic rings. The molecule has 1 heterocycles. The van der Waals surface area contributed by atoms with Gasteiger partial charge in [-0.05, 0) is 18.2 Å². The monoisotopic (exact) mass is 273 g/mol. The SMILES string of the molecule is CCN(CCOC)C(CN)c1cccc2cccnc12. The summed E-state index contributed by atoms with van der Waals surface area (Å²) < 4.78 is 5.19. The summed E-state index contributed by atoms with van der Waals surface area (Å²) in [6, 6.07) is 10.5. The lowest BCUT2D eigenvalue weighted by Crippen LogP contribution is -2.36. The van der Waals surface area contributed by atoms with Crippen LogP contribution in [0.15, 0.2) is 36.5 Å². The Morgan fingerprint density at radius 1 is 1.30 bits per heavy atom. The average molecular weight is 273 g/mol. The van der Waals surface area contributed by atoms with Crippen LogP contribution in [-0.4, -0.2) is 43.2 Å². The molecule has 1 unspecified atom stereocenters. The predicted octanol–water partition coefficient (Wildman–Crippen LogP) is 2.20. The Labute approximate surface area is 120 Å². The van der Waals surface area contributed by atoms with Gasteiger partial charge in [0.2, 0.25) is 0 Å². The van der Waals surface area contributed by atoms with Gasteiger partial charge in [-0.1, -0.05) is 31.2 Å². The molecule has 0 spiro atoms. The Kier molecular flexibility index (Phi) is 5.47. The summed E-state index contributed by atoms with van der Waals surface area (Å²) in [5.74, 6) is 0. The maximum atomic E-state index is 6.03. The molecule has 0 saturated carbocycles. The zero-order chi connectivity index (χ0) is 14.4. The number of rotatable bonds is 7. The molecule has 1 aromatic carbocycles. The lowest BCUT2D eigenvalue weighted by atomic mass is 10.0. The topological polar surface area (TPSA) is 51.4 Å². The fourth-order valence-corrected chi connectivity index (χ4v) is 2.61. The molecule has 4 heteroatoms. The lowest BCUT2D eigenvalue weighted by Gasteiger charge is -2.30. The van der Waals surface area contributed by atoms with Crippen molar-refractivity contribution in [3.63, 3.8) is 0 Å². The van der Waals surface area contributed by atoms with Gasteiger partial charge < -0.3 is 10.5 Å². The molecule has 0 saturated heterocycles. The Hall–Kier alpha value is -1.49. The molecule has 2 N–H and O–H groups in total. The molecule has 20 heavy (non-hydrogen) atoms. The number of hydrogen-bond donors (Lipinski definition) is 1. The molecular weight excluding hydrogens is 250 g/mol. The normalized spacial score (nSPS) is 13.0. The zero-order valence-electron chi connectivity index (χ0n) is 12.2. The van der Waals surface area contributed by atoms with Crippen LogP contribution in [0.1, 0.15) is 18.5 Å². The van der Waals surface area contributed by atoms with E-state index in [4.69, 9.17) is 10.5 Å². The summed E-state index contributed by atoms with van der Waals surface area (Å²) in [5, 5.41) is 1.16. The molecule has 0 aliphatic rings. The number of nitrogens with zero attached hydrogens (tertiary/aromatic N) is 2. The van der Waals surface area contributed by atoms with E-state index < -0.39 is 0 Å². The van der Waals surface area contributed by atoms with E-state index in [1.54, 1.807) is 7.11 Å². The molecule has 108 valence electrons. The largest absolute Gasteiger partial charge is 0.383 e. The van der Waals surface area contributed by atoms with E-state index in [1.165, 1.54) is 5.56 Å². The van der Waals surface area contributed by atoms with Gasteiger partial charge in [0.05, 0.1) is 12.1 Å². The number of ether oxygens (including phenoxy) is 1. The number of para-hydroxylation sites is 1. The average Bonchev–Trinajstić information content (AvgIpc) is 2.51. The molecule has 1 aromatic heterocycles. The van der Waals surface area contributed by atoms with E-state index in [-0.39, 0.29) is 6.04 Å². The highest BCUT2D eigenvalue weighted by Crippen LogP contribution is 2.26. The maximum Gasteiger partial charge on any atom is 0.0750 e. The van der Waals surface area contributed by atoms with E-state index in [0.717, 1.165) is 24.0 Å². The zero-order valence-corrected chi connectivity index (χ0v) is 12.2. The van der Waals surface area contributed by atoms with Crippen LogP contribution in [0.2, 0.25) is 0 Å². The fraction of sp³-hybridized carbons (Fsp3) is 0.438. The third-order valence-corrected chi connectivity index (χ3v) is 3.68. The second-order valence-corrected chi connectivity index (χ2v) is 4.80. The second-order valence-electron chi connectivity index (χ2n) is 4.80. The number of pyridine rings is 1. The quantitative estimate of drug-likeness (QED) is 0.840. The molecule has 0 aliphatic heterocycles. The smallest absolute Gasteiger partial charge is 0.0750 e. The van der Waals surface area contributed by atoms with Crippen LogP contribution < -0.4 is 5.73 Å². The fourth-order valence-electron chi connectivity index (χ4n) is 2.61. The Balaban J connectivity index is 2.37. The van der Waals surface area contributed by atoms with Gasteiger partial charge in [-0.2, -0.15) is 0 Å². The van der Waals surface area contributed by atoms with Gasteiger partial charge in [0.25, 0.3) is 0 Å². The van der Waals surface area contributed by atoms with E-state index in [0.29, 0.717) is 13.2 Å². The van der Waals surface area contributed by atoms with Crippen molar-refractivity contribution in [2.45, 2.75) is 13.0 Å². The Morgan fingerprint density at radius 2 is 2.10 bits per heavy atom. The van der Waals surface area contributed by atoms with Crippen molar-refractivity contribution >= 4 is 10.9 Å². The molecule has 1 atom stereocenters. The van der Waals surface area contributed by atoms with Crippen molar-refractivity contribution in [3.05, 3.63) is 42.1 Å². The number of nitrogens with two attached hydrogens (primary N) is 1. The number of hydrogen-bond acceptors (Lipinski definition) is 4. The second kappa shape index (κ2) is 7.33.